The van der Waals surface area contributed by atoms with Gasteiger partial charge in [-0.1, -0.05) is 51.7 Å². The van der Waals surface area contributed by atoms with Crippen LogP contribution >= 0.6 is 0 Å². The van der Waals surface area contributed by atoms with Crippen LogP contribution in [0.1, 0.15) is 71.4 Å². The van der Waals surface area contributed by atoms with Crippen LogP contribution in [-0.4, -0.2) is 15.0 Å². The lowest BCUT2D eigenvalue weighted by Gasteiger charge is -2.06. The summed E-state index contributed by atoms with van der Waals surface area (Å²) in [6, 6.07) is 0. The highest BCUT2D eigenvalue weighted by Gasteiger charge is 2.02. The molecule has 0 N–H and O–H groups in total. The number of hydrogen-bond acceptors (Lipinski definition) is 2. The van der Waals surface area contributed by atoms with Gasteiger partial charge >= 0.3 is 0 Å². The fourth-order valence-electron chi connectivity index (χ4n) is 2.10. The van der Waals surface area contributed by atoms with Gasteiger partial charge in [0, 0.05) is 12.7 Å². The fourth-order valence-corrected chi connectivity index (χ4v) is 2.10. The molecule has 1 aromatic heterocycles. The number of rotatable bonds is 10. The van der Waals surface area contributed by atoms with Crippen molar-refractivity contribution in [2.24, 2.45) is 5.92 Å². The Morgan fingerprint density at radius 1 is 1.17 bits per heavy atom. The Bertz CT molecular complexity index is 306. The van der Waals surface area contributed by atoms with Crippen LogP contribution in [0.2, 0.25) is 0 Å². The van der Waals surface area contributed by atoms with E-state index in [1.54, 1.807) is 0 Å². The average molecular weight is 251 g/mol. The molecule has 3 nitrogen and oxygen atoms in total. The summed E-state index contributed by atoms with van der Waals surface area (Å²) in [6.07, 6.45) is 12.2. The van der Waals surface area contributed by atoms with Crippen LogP contribution in [0.15, 0.2) is 6.20 Å². The monoisotopic (exact) mass is 251 g/mol. The maximum atomic E-state index is 4.24. The third-order valence-electron chi connectivity index (χ3n) is 3.65. The third kappa shape index (κ3) is 6.18. The predicted molar refractivity (Wildman–Crippen MR) is 76.6 cm³/mol. The van der Waals surface area contributed by atoms with E-state index in [0.29, 0.717) is 0 Å². The minimum atomic E-state index is 0.835. The lowest BCUT2D eigenvalue weighted by Crippen LogP contribution is -2.01. The highest BCUT2D eigenvalue weighted by Crippen LogP contribution is 2.10. The number of aryl methyl sites for hydroxylation is 2. The summed E-state index contributed by atoms with van der Waals surface area (Å²) >= 11 is 0. The van der Waals surface area contributed by atoms with E-state index in [1.165, 1.54) is 44.9 Å². The van der Waals surface area contributed by atoms with Gasteiger partial charge in [-0.3, -0.25) is 4.68 Å². The van der Waals surface area contributed by atoms with Crippen LogP contribution in [0.5, 0.6) is 0 Å². The molecule has 0 amide bonds. The van der Waals surface area contributed by atoms with E-state index in [-0.39, 0.29) is 0 Å². The van der Waals surface area contributed by atoms with Crippen molar-refractivity contribution in [3.8, 4) is 0 Å². The molecular weight excluding hydrogens is 222 g/mol. The van der Waals surface area contributed by atoms with Gasteiger partial charge < -0.3 is 0 Å². The second-order valence-corrected chi connectivity index (χ2v) is 5.44. The molecular formula is C15H29N3. The first-order valence-electron chi connectivity index (χ1n) is 7.65. The van der Waals surface area contributed by atoms with Crippen LogP contribution < -0.4 is 0 Å². The average Bonchev–Trinajstić information content (AvgIpc) is 2.82. The van der Waals surface area contributed by atoms with Gasteiger partial charge in [-0.2, -0.15) is 0 Å². The highest BCUT2D eigenvalue weighted by molar-refractivity contribution is 4.92. The van der Waals surface area contributed by atoms with E-state index in [1.807, 2.05) is 4.68 Å². The van der Waals surface area contributed by atoms with Gasteiger partial charge in [0.25, 0.3) is 0 Å². The first-order valence-corrected chi connectivity index (χ1v) is 7.65. The predicted octanol–water partition coefficient (Wildman–Crippen LogP) is 4.23. The Morgan fingerprint density at radius 3 is 2.72 bits per heavy atom. The molecule has 0 aromatic carbocycles. The number of nitrogens with zero attached hydrogens (tertiary/aromatic N) is 3. The topological polar surface area (TPSA) is 30.7 Å². The van der Waals surface area contributed by atoms with E-state index in [4.69, 9.17) is 0 Å². The second kappa shape index (κ2) is 9.12. The molecule has 0 aliphatic heterocycles. The summed E-state index contributed by atoms with van der Waals surface area (Å²) in [5, 5.41) is 8.45. The molecule has 0 aliphatic rings. The van der Waals surface area contributed by atoms with Crippen molar-refractivity contribution in [1.29, 1.82) is 0 Å². The summed E-state index contributed by atoms with van der Waals surface area (Å²) < 4.78 is 2.01. The van der Waals surface area contributed by atoms with E-state index < -0.39 is 0 Å². The molecule has 3 heteroatoms. The molecule has 0 aliphatic carbocycles. The smallest absolute Gasteiger partial charge is 0.0827 e. The molecule has 104 valence electrons. The van der Waals surface area contributed by atoms with Gasteiger partial charge in [0.15, 0.2) is 0 Å². The SMILES string of the molecule is CCCCCCc1cn(CCCC(C)CC)nn1. The maximum absolute atomic E-state index is 4.24. The van der Waals surface area contributed by atoms with Crippen LogP contribution in [-0.2, 0) is 13.0 Å². The third-order valence-corrected chi connectivity index (χ3v) is 3.65. The summed E-state index contributed by atoms with van der Waals surface area (Å²) in [5.41, 5.74) is 1.16. The lowest BCUT2D eigenvalue weighted by molar-refractivity contribution is 0.450. The normalized spacial score (nSPS) is 12.8. The molecule has 0 bridgehead atoms. The van der Waals surface area contributed by atoms with Crippen molar-refractivity contribution >= 4 is 0 Å². The molecule has 1 aromatic rings. The Kier molecular flexibility index (Phi) is 7.70. The molecule has 0 saturated heterocycles. The minimum absolute atomic E-state index is 0.835. The molecule has 0 saturated carbocycles. The van der Waals surface area contributed by atoms with Crippen molar-refractivity contribution in [2.45, 2.75) is 78.7 Å². The molecule has 0 spiro atoms. The summed E-state index contributed by atoms with van der Waals surface area (Å²) in [4.78, 5) is 0. The van der Waals surface area contributed by atoms with Crippen LogP contribution in [0.3, 0.4) is 0 Å². The standard InChI is InChI=1S/C15H29N3/c1-4-6-7-8-11-15-13-18(17-16-15)12-9-10-14(3)5-2/h13-14H,4-12H2,1-3H3. The molecule has 1 heterocycles. The molecule has 1 atom stereocenters. The van der Waals surface area contributed by atoms with Crippen molar-refractivity contribution in [3.05, 3.63) is 11.9 Å². The van der Waals surface area contributed by atoms with Crippen molar-refractivity contribution in [1.82, 2.24) is 15.0 Å². The summed E-state index contributed by atoms with van der Waals surface area (Å²) in [7, 11) is 0. The van der Waals surface area contributed by atoms with Gasteiger partial charge in [0.05, 0.1) is 5.69 Å². The Hall–Kier alpha value is -0.860. The van der Waals surface area contributed by atoms with Crippen LogP contribution in [0.25, 0.3) is 0 Å². The van der Waals surface area contributed by atoms with Gasteiger partial charge in [-0.05, 0) is 31.6 Å². The van der Waals surface area contributed by atoms with Crippen LogP contribution in [0, 0.1) is 5.92 Å². The summed E-state index contributed by atoms with van der Waals surface area (Å²) in [5.74, 6) is 0.835. The number of aromatic nitrogens is 3. The van der Waals surface area contributed by atoms with Gasteiger partial charge in [0.1, 0.15) is 0 Å². The Labute approximate surface area is 112 Å². The first kappa shape index (κ1) is 15.2. The van der Waals surface area contributed by atoms with Crippen molar-refractivity contribution < 1.29 is 0 Å². The van der Waals surface area contributed by atoms with Gasteiger partial charge in [-0.15, -0.1) is 5.10 Å². The Morgan fingerprint density at radius 2 is 2.00 bits per heavy atom. The zero-order valence-corrected chi connectivity index (χ0v) is 12.4. The van der Waals surface area contributed by atoms with E-state index in [0.717, 1.165) is 24.6 Å². The molecule has 0 fully saturated rings. The number of unbranched alkanes of at least 4 members (excludes halogenated alkanes) is 3. The molecule has 1 unspecified atom stereocenters. The van der Waals surface area contributed by atoms with Crippen molar-refractivity contribution in [3.63, 3.8) is 0 Å². The highest BCUT2D eigenvalue weighted by atomic mass is 15.4. The quantitative estimate of drug-likeness (QED) is 0.583. The lowest BCUT2D eigenvalue weighted by atomic mass is 10.0. The number of hydrogen-bond donors (Lipinski definition) is 0. The molecule has 0 radical (unpaired) electrons. The zero-order chi connectivity index (χ0) is 13.2. The summed E-state index contributed by atoms with van der Waals surface area (Å²) in [6.45, 7) is 7.84. The van der Waals surface area contributed by atoms with E-state index in [2.05, 4.69) is 37.3 Å². The molecule has 1 rings (SSSR count). The van der Waals surface area contributed by atoms with Gasteiger partial charge in [-0.25, -0.2) is 0 Å². The zero-order valence-electron chi connectivity index (χ0n) is 12.4. The first-order chi connectivity index (χ1) is 8.76. The second-order valence-electron chi connectivity index (χ2n) is 5.44. The van der Waals surface area contributed by atoms with E-state index in [9.17, 15) is 0 Å². The maximum Gasteiger partial charge on any atom is 0.0827 e. The van der Waals surface area contributed by atoms with Crippen LogP contribution in [0.4, 0.5) is 0 Å². The van der Waals surface area contributed by atoms with Crippen molar-refractivity contribution in [2.75, 3.05) is 0 Å². The largest absolute Gasteiger partial charge is 0.252 e. The minimum Gasteiger partial charge on any atom is -0.252 e. The Balaban J connectivity index is 2.17. The fraction of sp³-hybridized carbons (Fsp3) is 0.867. The molecule has 18 heavy (non-hydrogen) atoms. The van der Waals surface area contributed by atoms with Gasteiger partial charge in [0.2, 0.25) is 0 Å². The van der Waals surface area contributed by atoms with E-state index >= 15 is 0 Å².